The van der Waals surface area contributed by atoms with Gasteiger partial charge in [0.1, 0.15) is 5.82 Å². The van der Waals surface area contributed by atoms with E-state index in [2.05, 4.69) is 35.6 Å². The minimum atomic E-state index is 0.519. The zero-order chi connectivity index (χ0) is 13.5. The fraction of sp³-hybridized carbons (Fsp3) is 0.357. The standard InChI is InChI=1S/C12H14N2S.C2H7N/c1-8(2)9-5-7-15-11(9)10-4-3-6-14-12(10)13;1-3-2/h3-8H,1-2H3,(H2,13,14);3H,1-2H3. The lowest BCUT2D eigenvalue weighted by Gasteiger charge is -2.08. The van der Waals surface area contributed by atoms with Gasteiger partial charge in [0, 0.05) is 16.6 Å². The molecular weight excluding hydrogens is 242 g/mol. The van der Waals surface area contributed by atoms with Crippen LogP contribution in [-0.4, -0.2) is 19.1 Å². The third-order valence-electron chi connectivity index (χ3n) is 2.40. The molecule has 2 rings (SSSR count). The van der Waals surface area contributed by atoms with Crippen LogP contribution in [0.15, 0.2) is 29.8 Å². The van der Waals surface area contributed by atoms with Gasteiger partial charge in [-0.1, -0.05) is 13.8 Å². The minimum absolute atomic E-state index is 0.519. The molecule has 0 unspecified atom stereocenters. The van der Waals surface area contributed by atoms with Crippen molar-refractivity contribution < 1.29 is 0 Å². The van der Waals surface area contributed by atoms with Gasteiger partial charge in [-0.05, 0) is 49.2 Å². The Balaban J connectivity index is 0.000000492. The smallest absolute Gasteiger partial charge is 0.132 e. The highest BCUT2D eigenvalue weighted by Crippen LogP contribution is 2.36. The van der Waals surface area contributed by atoms with Gasteiger partial charge in [0.05, 0.1) is 0 Å². The van der Waals surface area contributed by atoms with Crippen molar-refractivity contribution in [2.75, 3.05) is 19.8 Å². The van der Waals surface area contributed by atoms with Crippen molar-refractivity contribution in [3.8, 4) is 10.4 Å². The third kappa shape index (κ3) is 3.55. The van der Waals surface area contributed by atoms with Gasteiger partial charge >= 0.3 is 0 Å². The molecule has 4 heteroatoms. The lowest BCUT2D eigenvalue weighted by atomic mass is 10.0. The average Bonchev–Trinajstić information content (AvgIpc) is 2.79. The highest BCUT2D eigenvalue weighted by Gasteiger charge is 2.12. The van der Waals surface area contributed by atoms with E-state index in [0.717, 1.165) is 5.56 Å². The number of rotatable bonds is 2. The van der Waals surface area contributed by atoms with Gasteiger partial charge in [0.25, 0.3) is 0 Å². The van der Waals surface area contributed by atoms with Gasteiger partial charge in [-0.15, -0.1) is 11.3 Å². The number of nitrogen functional groups attached to an aromatic ring is 1. The molecule has 0 spiro atoms. The summed E-state index contributed by atoms with van der Waals surface area (Å²) in [5.41, 5.74) is 8.28. The molecule has 0 aliphatic rings. The topological polar surface area (TPSA) is 50.9 Å². The van der Waals surface area contributed by atoms with E-state index in [9.17, 15) is 0 Å². The van der Waals surface area contributed by atoms with E-state index in [-0.39, 0.29) is 0 Å². The van der Waals surface area contributed by atoms with Crippen molar-refractivity contribution in [1.29, 1.82) is 0 Å². The fourth-order valence-corrected chi connectivity index (χ4v) is 2.69. The van der Waals surface area contributed by atoms with Crippen LogP contribution in [-0.2, 0) is 0 Å². The zero-order valence-corrected chi connectivity index (χ0v) is 12.2. The number of anilines is 1. The van der Waals surface area contributed by atoms with Crippen LogP contribution < -0.4 is 11.1 Å². The first kappa shape index (κ1) is 14.7. The Morgan fingerprint density at radius 3 is 2.50 bits per heavy atom. The maximum Gasteiger partial charge on any atom is 0.132 e. The second-order valence-corrected chi connectivity index (χ2v) is 5.21. The summed E-state index contributed by atoms with van der Waals surface area (Å²) in [6, 6.07) is 6.12. The van der Waals surface area contributed by atoms with Crippen LogP contribution in [0.2, 0.25) is 0 Å². The maximum atomic E-state index is 5.88. The Kier molecular flexibility index (Phi) is 5.82. The Morgan fingerprint density at radius 2 is 1.94 bits per heavy atom. The van der Waals surface area contributed by atoms with Crippen molar-refractivity contribution in [1.82, 2.24) is 10.3 Å². The summed E-state index contributed by atoms with van der Waals surface area (Å²) in [5.74, 6) is 1.13. The second kappa shape index (κ2) is 7.13. The molecule has 0 atom stereocenters. The molecule has 18 heavy (non-hydrogen) atoms. The summed E-state index contributed by atoms with van der Waals surface area (Å²) in [6.45, 7) is 4.39. The first-order valence-electron chi connectivity index (χ1n) is 5.98. The van der Waals surface area contributed by atoms with Crippen LogP contribution >= 0.6 is 11.3 Å². The number of nitrogens with one attached hydrogen (secondary N) is 1. The number of hydrogen-bond acceptors (Lipinski definition) is 4. The quantitative estimate of drug-likeness (QED) is 0.873. The predicted molar refractivity (Wildman–Crippen MR) is 81.0 cm³/mol. The molecule has 0 amide bonds. The van der Waals surface area contributed by atoms with E-state index in [1.165, 1.54) is 10.4 Å². The minimum Gasteiger partial charge on any atom is -0.383 e. The first-order chi connectivity index (χ1) is 8.61. The summed E-state index contributed by atoms with van der Waals surface area (Å²) in [7, 11) is 3.75. The Morgan fingerprint density at radius 1 is 1.28 bits per heavy atom. The molecule has 2 aromatic heterocycles. The number of aromatic nitrogens is 1. The predicted octanol–water partition coefficient (Wildman–Crippen LogP) is 3.35. The summed E-state index contributed by atoms with van der Waals surface area (Å²) in [5, 5.41) is 4.86. The van der Waals surface area contributed by atoms with E-state index in [1.807, 2.05) is 26.2 Å². The van der Waals surface area contributed by atoms with Crippen LogP contribution in [0.4, 0.5) is 5.82 Å². The van der Waals surface area contributed by atoms with E-state index in [1.54, 1.807) is 17.5 Å². The molecule has 0 bridgehead atoms. The molecule has 3 N–H and O–H groups in total. The molecule has 0 fully saturated rings. The number of pyridine rings is 1. The SMILES string of the molecule is CC(C)c1ccsc1-c1cccnc1N.CNC. The van der Waals surface area contributed by atoms with Gasteiger partial charge in [-0.2, -0.15) is 0 Å². The molecule has 0 saturated heterocycles. The maximum absolute atomic E-state index is 5.88. The molecule has 3 nitrogen and oxygen atoms in total. The summed E-state index contributed by atoms with van der Waals surface area (Å²) in [6.07, 6.45) is 1.72. The Labute approximate surface area is 113 Å². The van der Waals surface area contributed by atoms with Crippen LogP contribution in [0.25, 0.3) is 10.4 Å². The molecule has 0 aliphatic carbocycles. The number of thiophene rings is 1. The van der Waals surface area contributed by atoms with Crippen LogP contribution in [0.5, 0.6) is 0 Å². The lowest BCUT2D eigenvalue weighted by molar-refractivity contribution is 0.874. The molecule has 0 radical (unpaired) electrons. The molecule has 2 aromatic rings. The van der Waals surface area contributed by atoms with E-state index < -0.39 is 0 Å². The largest absolute Gasteiger partial charge is 0.383 e. The van der Waals surface area contributed by atoms with Crippen LogP contribution in [0, 0.1) is 0 Å². The van der Waals surface area contributed by atoms with Crippen molar-refractivity contribution in [3.63, 3.8) is 0 Å². The van der Waals surface area contributed by atoms with Crippen molar-refractivity contribution in [2.45, 2.75) is 19.8 Å². The normalized spacial score (nSPS) is 10.1. The van der Waals surface area contributed by atoms with Crippen molar-refractivity contribution >= 4 is 17.2 Å². The van der Waals surface area contributed by atoms with Crippen molar-refractivity contribution in [2.24, 2.45) is 0 Å². The number of nitrogens with zero attached hydrogens (tertiary/aromatic N) is 1. The molecule has 98 valence electrons. The summed E-state index contributed by atoms with van der Waals surface area (Å²) in [4.78, 5) is 5.37. The van der Waals surface area contributed by atoms with Crippen molar-refractivity contribution in [3.05, 3.63) is 35.3 Å². The van der Waals surface area contributed by atoms with E-state index in [4.69, 9.17) is 5.73 Å². The summed E-state index contributed by atoms with van der Waals surface area (Å²) < 4.78 is 0. The van der Waals surface area contributed by atoms with Gasteiger partial charge < -0.3 is 11.1 Å². The number of hydrogen-bond donors (Lipinski definition) is 2. The van der Waals surface area contributed by atoms with Gasteiger partial charge in [-0.25, -0.2) is 4.98 Å². The molecular formula is C14H21N3S. The van der Waals surface area contributed by atoms with Crippen LogP contribution in [0.1, 0.15) is 25.3 Å². The lowest BCUT2D eigenvalue weighted by Crippen LogP contribution is -1.94. The Hall–Kier alpha value is -1.39. The first-order valence-corrected chi connectivity index (χ1v) is 6.86. The fourth-order valence-electron chi connectivity index (χ4n) is 1.60. The second-order valence-electron chi connectivity index (χ2n) is 4.30. The third-order valence-corrected chi connectivity index (χ3v) is 3.36. The monoisotopic (exact) mass is 263 g/mol. The molecule has 2 heterocycles. The zero-order valence-electron chi connectivity index (χ0n) is 11.4. The highest BCUT2D eigenvalue weighted by molar-refractivity contribution is 7.13. The van der Waals surface area contributed by atoms with Gasteiger partial charge in [-0.3, -0.25) is 0 Å². The average molecular weight is 263 g/mol. The molecule has 0 saturated carbocycles. The molecule has 0 aromatic carbocycles. The highest BCUT2D eigenvalue weighted by atomic mass is 32.1. The Bertz CT molecular complexity index is 477. The van der Waals surface area contributed by atoms with Gasteiger partial charge in [0.15, 0.2) is 0 Å². The number of nitrogens with two attached hydrogens (primary N) is 1. The van der Waals surface area contributed by atoms with E-state index >= 15 is 0 Å². The molecule has 0 aliphatic heterocycles. The van der Waals surface area contributed by atoms with Gasteiger partial charge in [0.2, 0.25) is 0 Å². The summed E-state index contributed by atoms with van der Waals surface area (Å²) >= 11 is 1.73. The van der Waals surface area contributed by atoms with Crippen LogP contribution in [0.3, 0.4) is 0 Å². The van der Waals surface area contributed by atoms with E-state index in [0.29, 0.717) is 11.7 Å².